The minimum absolute atomic E-state index is 0.684. The lowest BCUT2D eigenvalue weighted by atomic mass is 10.2. The van der Waals surface area contributed by atoms with Crippen molar-refractivity contribution in [1.82, 2.24) is 9.78 Å². The van der Waals surface area contributed by atoms with E-state index in [4.69, 9.17) is 4.74 Å². The van der Waals surface area contributed by atoms with Gasteiger partial charge in [0.25, 0.3) is 0 Å². The van der Waals surface area contributed by atoms with Crippen LogP contribution in [0.1, 0.15) is 11.3 Å². The Kier molecular flexibility index (Phi) is 1.24. The van der Waals surface area contributed by atoms with Crippen LogP contribution in [0.15, 0.2) is 0 Å². The summed E-state index contributed by atoms with van der Waals surface area (Å²) >= 11 is 0. The highest BCUT2D eigenvalue weighted by atomic mass is 16.5. The van der Waals surface area contributed by atoms with Crippen molar-refractivity contribution in [3.63, 3.8) is 0 Å². The average molecular weight is 137 g/mol. The maximum Gasteiger partial charge on any atom is 0.119 e. The molecule has 0 saturated heterocycles. The minimum atomic E-state index is 0.684. The van der Waals surface area contributed by atoms with Crippen LogP contribution in [0.4, 0.5) is 0 Å². The molecule has 1 aliphatic heterocycles. The predicted octanol–water partition coefficient (Wildman–Crippen LogP) is 0.293. The molecule has 3 nitrogen and oxygen atoms in total. The van der Waals surface area contributed by atoms with Gasteiger partial charge >= 0.3 is 0 Å². The van der Waals surface area contributed by atoms with Gasteiger partial charge < -0.3 is 4.74 Å². The molecule has 0 spiro atoms. The standard InChI is InChI=1S/C7H9N2O/c1-9-7-2-3-10-5-6(7)4-8-9/h2-3,5H2,1H3. The van der Waals surface area contributed by atoms with Crippen LogP contribution < -0.4 is 0 Å². The van der Waals surface area contributed by atoms with Gasteiger partial charge in [-0.2, -0.15) is 5.10 Å². The van der Waals surface area contributed by atoms with E-state index in [1.54, 1.807) is 0 Å². The van der Waals surface area contributed by atoms with Crippen molar-refractivity contribution >= 4 is 0 Å². The molecule has 0 unspecified atom stereocenters. The van der Waals surface area contributed by atoms with Crippen LogP contribution in [0.5, 0.6) is 0 Å². The number of hydrogen-bond donors (Lipinski definition) is 0. The number of ether oxygens (including phenoxy) is 1. The van der Waals surface area contributed by atoms with Crippen molar-refractivity contribution in [2.75, 3.05) is 6.61 Å². The number of aromatic nitrogens is 2. The number of aryl methyl sites for hydroxylation is 1. The molecule has 0 aromatic carbocycles. The average Bonchev–Trinajstić information content (AvgIpc) is 2.34. The SMILES string of the molecule is Cn1n[c]c2c1CCOC2. The van der Waals surface area contributed by atoms with Crippen LogP contribution in [-0.4, -0.2) is 16.4 Å². The molecule has 0 aliphatic carbocycles. The third-order valence-corrected chi connectivity index (χ3v) is 1.80. The highest BCUT2D eigenvalue weighted by molar-refractivity contribution is 5.17. The number of fused-ring (bicyclic) bond motifs is 1. The molecule has 0 saturated carbocycles. The van der Waals surface area contributed by atoms with Gasteiger partial charge in [-0.05, 0) is 0 Å². The van der Waals surface area contributed by atoms with Gasteiger partial charge in [-0.25, -0.2) is 0 Å². The van der Waals surface area contributed by atoms with Gasteiger partial charge in [0.15, 0.2) is 0 Å². The predicted molar refractivity (Wildman–Crippen MR) is 35.4 cm³/mol. The highest BCUT2D eigenvalue weighted by Crippen LogP contribution is 2.13. The zero-order valence-corrected chi connectivity index (χ0v) is 5.92. The first kappa shape index (κ1) is 5.92. The lowest BCUT2D eigenvalue weighted by Crippen LogP contribution is -2.11. The maximum atomic E-state index is 5.22. The summed E-state index contributed by atoms with van der Waals surface area (Å²) in [5, 5.41) is 4.01. The second-order valence-electron chi connectivity index (χ2n) is 2.46. The van der Waals surface area contributed by atoms with E-state index >= 15 is 0 Å². The van der Waals surface area contributed by atoms with Crippen molar-refractivity contribution in [2.24, 2.45) is 7.05 Å². The quantitative estimate of drug-likeness (QED) is 0.514. The van der Waals surface area contributed by atoms with Gasteiger partial charge in [0.2, 0.25) is 0 Å². The summed E-state index contributed by atoms with van der Waals surface area (Å²) in [6.07, 6.45) is 3.89. The molecule has 1 aromatic heterocycles. The summed E-state index contributed by atoms with van der Waals surface area (Å²) in [4.78, 5) is 0. The molecule has 1 aromatic rings. The zero-order valence-electron chi connectivity index (χ0n) is 5.92. The summed E-state index contributed by atoms with van der Waals surface area (Å²) < 4.78 is 7.10. The Labute approximate surface area is 59.6 Å². The minimum Gasteiger partial charge on any atom is -0.376 e. The fourth-order valence-electron chi connectivity index (χ4n) is 1.23. The van der Waals surface area contributed by atoms with Gasteiger partial charge in [0, 0.05) is 24.7 Å². The Morgan fingerprint density at radius 2 is 2.60 bits per heavy atom. The Balaban J connectivity index is 2.45. The first-order valence-electron chi connectivity index (χ1n) is 3.38. The van der Waals surface area contributed by atoms with Crippen LogP contribution in [0.25, 0.3) is 0 Å². The second kappa shape index (κ2) is 2.09. The maximum absolute atomic E-state index is 5.22. The molecule has 0 atom stereocenters. The third kappa shape index (κ3) is 0.743. The molecular weight excluding hydrogens is 128 g/mol. The van der Waals surface area contributed by atoms with Crippen LogP contribution in [-0.2, 0) is 24.8 Å². The largest absolute Gasteiger partial charge is 0.376 e. The lowest BCUT2D eigenvalue weighted by Gasteiger charge is -2.11. The first-order valence-corrected chi connectivity index (χ1v) is 3.38. The zero-order chi connectivity index (χ0) is 6.97. The molecule has 0 amide bonds. The van der Waals surface area contributed by atoms with Crippen molar-refractivity contribution in [1.29, 1.82) is 0 Å². The summed E-state index contributed by atoms with van der Waals surface area (Å²) in [5.41, 5.74) is 2.39. The Morgan fingerprint density at radius 3 is 3.40 bits per heavy atom. The van der Waals surface area contributed by atoms with E-state index in [-0.39, 0.29) is 0 Å². The molecule has 0 N–H and O–H groups in total. The molecule has 2 rings (SSSR count). The molecule has 1 radical (unpaired) electrons. The fraction of sp³-hybridized carbons (Fsp3) is 0.571. The Hall–Kier alpha value is -0.830. The third-order valence-electron chi connectivity index (χ3n) is 1.80. The molecular formula is C7H9N2O. The normalized spacial score (nSPS) is 16.9. The van der Waals surface area contributed by atoms with E-state index in [0.717, 1.165) is 18.6 Å². The Morgan fingerprint density at radius 1 is 1.70 bits per heavy atom. The van der Waals surface area contributed by atoms with Gasteiger partial charge in [-0.15, -0.1) is 0 Å². The van der Waals surface area contributed by atoms with Crippen LogP contribution in [0, 0.1) is 6.20 Å². The lowest BCUT2D eigenvalue weighted by molar-refractivity contribution is 0.109. The summed E-state index contributed by atoms with van der Waals surface area (Å²) in [7, 11) is 1.95. The Bertz CT molecular complexity index is 242. The van der Waals surface area contributed by atoms with Crippen molar-refractivity contribution in [3.8, 4) is 0 Å². The van der Waals surface area contributed by atoms with Gasteiger partial charge in [0.1, 0.15) is 6.20 Å². The van der Waals surface area contributed by atoms with Crippen molar-refractivity contribution in [3.05, 3.63) is 17.5 Å². The number of rotatable bonds is 0. The van der Waals surface area contributed by atoms with Crippen LogP contribution in [0.2, 0.25) is 0 Å². The van der Waals surface area contributed by atoms with Gasteiger partial charge in [-0.3, -0.25) is 4.68 Å². The van der Waals surface area contributed by atoms with Crippen LogP contribution >= 0.6 is 0 Å². The van der Waals surface area contributed by atoms with Crippen LogP contribution in [0.3, 0.4) is 0 Å². The topological polar surface area (TPSA) is 27.1 Å². The van der Waals surface area contributed by atoms with E-state index < -0.39 is 0 Å². The molecule has 1 aliphatic rings. The monoisotopic (exact) mass is 137 g/mol. The van der Waals surface area contributed by atoms with Crippen molar-refractivity contribution in [2.45, 2.75) is 13.0 Å². The molecule has 2 heterocycles. The molecule has 53 valence electrons. The molecule has 3 heteroatoms. The summed E-state index contributed by atoms with van der Waals surface area (Å²) in [6, 6.07) is 0. The highest BCUT2D eigenvalue weighted by Gasteiger charge is 2.12. The summed E-state index contributed by atoms with van der Waals surface area (Å²) in [5.74, 6) is 0. The molecule has 0 bridgehead atoms. The molecule has 0 fully saturated rings. The first-order chi connectivity index (χ1) is 4.88. The number of nitrogens with zero attached hydrogens (tertiary/aromatic N) is 2. The number of hydrogen-bond acceptors (Lipinski definition) is 2. The second-order valence-corrected chi connectivity index (χ2v) is 2.46. The van der Waals surface area contributed by atoms with Crippen molar-refractivity contribution < 1.29 is 4.74 Å². The smallest absolute Gasteiger partial charge is 0.119 e. The van der Waals surface area contributed by atoms with E-state index in [1.807, 2.05) is 11.7 Å². The molecule has 10 heavy (non-hydrogen) atoms. The van der Waals surface area contributed by atoms with E-state index in [0.29, 0.717) is 6.61 Å². The van der Waals surface area contributed by atoms with Gasteiger partial charge in [-0.1, -0.05) is 0 Å². The van der Waals surface area contributed by atoms with Gasteiger partial charge in [0.05, 0.1) is 13.2 Å². The van der Waals surface area contributed by atoms with E-state index in [2.05, 4.69) is 11.3 Å². The summed E-state index contributed by atoms with van der Waals surface area (Å²) in [6.45, 7) is 1.50. The van der Waals surface area contributed by atoms with E-state index in [9.17, 15) is 0 Å². The fourth-order valence-corrected chi connectivity index (χ4v) is 1.23. The van der Waals surface area contributed by atoms with E-state index in [1.165, 1.54) is 5.69 Å².